The highest BCUT2D eigenvalue weighted by Crippen LogP contribution is 2.02. The van der Waals surface area contributed by atoms with Crippen molar-refractivity contribution in [2.24, 2.45) is 0 Å². The molecular weight excluding hydrogens is 260 g/mol. The maximum absolute atomic E-state index is 11.3. The van der Waals surface area contributed by atoms with Gasteiger partial charge in [0.1, 0.15) is 13.2 Å². The molecule has 0 aromatic heterocycles. The van der Waals surface area contributed by atoms with Crippen molar-refractivity contribution in [1.29, 1.82) is 0 Å². The van der Waals surface area contributed by atoms with Crippen molar-refractivity contribution >= 4 is 11.9 Å². The Morgan fingerprint density at radius 3 is 2.30 bits per heavy atom. The summed E-state index contributed by atoms with van der Waals surface area (Å²) >= 11 is 0. The molecule has 0 saturated heterocycles. The first kappa shape index (κ1) is 16.2. The van der Waals surface area contributed by atoms with Crippen LogP contribution in [0.1, 0.15) is 18.9 Å². The van der Waals surface area contributed by atoms with E-state index in [-0.39, 0.29) is 13.2 Å². The zero-order valence-electron chi connectivity index (χ0n) is 11.7. The average Bonchev–Trinajstić information content (AvgIpc) is 2.45. The van der Waals surface area contributed by atoms with E-state index in [4.69, 9.17) is 9.47 Å². The summed E-state index contributed by atoms with van der Waals surface area (Å²) in [6.45, 7) is 1.89. The Kier molecular flexibility index (Phi) is 8.07. The van der Waals surface area contributed by atoms with Crippen LogP contribution in [0, 0.1) is 0 Å². The minimum atomic E-state index is -0.482. The fraction of sp³-hybridized carbons (Fsp3) is 0.467. The summed E-state index contributed by atoms with van der Waals surface area (Å²) in [5.41, 5.74) is 1.21. The molecule has 0 bridgehead atoms. The number of benzene rings is 1. The molecule has 0 aliphatic rings. The van der Waals surface area contributed by atoms with E-state index < -0.39 is 11.9 Å². The van der Waals surface area contributed by atoms with Crippen LogP contribution in [-0.2, 0) is 30.2 Å². The Bertz CT molecular complexity index is 402. The molecule has 1 aromatic rings. The molecule has 0 aliphatic heterocycles. The molecule has 5 heteroatoms. The van der Waals surface area contributed by atoms with Crippen LogP contribution >= 0.6 is 0 Å². The van der Waals surface area contributed by atoms with Gasteiger partial charge < -0.3 is 14.2 Å². The predicted octanol–water partition coefficient (Wildman–Crippen LogP) is 1.74. The Balaban J connectivity index is 2.01. The van der Waals surface area contributed by atoms with Crippen molar-refractivity contribution in [3.8, 4) is 0 Å². The topological polar surface area (TPSA) is 61.8 Å². The second kappa shape index (κ2) is 9.97. The highest BCUT2D eigenvalue weighted by Gasteiger charge is 2.06. The van der Waals surface area contributed by atoms with Crippen molar-refractivity contribution in [3.63, 3.8) is 0 Å². The van der Waals surface area contributed by atoms with Crippen molar-refractivity contribution in [2.75, 3.05) is 26.4 Å². The molecule has 5 nitrogen and oxygen atoms in total. The van der Waals surface area contributed by atoms with E-state index in [2.05, 4.69) is 4.74 Å². The minimum Gasteiger partial charge on any atom is -0.464 e. The molecule has 0 fully saturated rings. The van der Waals surface area contributed by atoms with E-state index >= 15 is 0 Å². The van der Waals surface area contributed by atoms with E-state index in [9.17, 15) is 9.59 Å². The quantitative estimate of drug-likeness (QED) is 0.509. The number of esters is 2. The first-order valence-corrected chi connectivity index (χ1v) is 6.65. The van der Waals surface area contributed by atoms with Gasteiger partial charge in [0.25, 0.3) is 0 Å². The molecule has 0 N–H and O–H groups in total. The second-order valence-corrected chi connectivity index (χ2v) is 4.11. The maximum Gasteiger partial charge on any atom is 0.332 e. The number of carbonyl (C=O) groups is 2. The van der Waals surface area contributed by atoms with Gasteiger partial charge in [-0.05, 0) is 25.3 Å². The van der Waals surface area contributed by atoms with Gasteiger partial charge in [0.2, 0.25) is 0 Å². The lowest BCUT2D eigenvalue weighted by molar-refractivity contribution is -0.155. The number of aryl methyl sites for hydroxylation is 1. The molecule has 0 heterocycles. The monoisotopic (exact) mass is 280 g/mol. The van der Waals surface area contributed by atoms with Gasteiger partial charge in [0, 0.05) is 0 Å². The van der Waals surface area contributed by atoms with E-state index in [1.165, 1.54) is 5.56 Å². The molecule has 0 atom stereocenters. The highest BCUT2D eigenvalue weighted by molar-refractivity contribution is 5.73. The molecular formula is C15H20O5. The molecule has 0 spiro atoms. The Morgan fingerprint density at radius 1 is 1.00 bits per heavy atom. The van der Waals surface area contributed by atoms with Crippen molar-refractivity contribution in [2.45, 2.75) is 19.8 Å². The summed E-state index contributed by atoms with van der Waals surface area (Å²) < 4.78 is 14.5. The normalized spacial score (nSPS) is 10.1. The third-order valence-corrected chi connectivity index (χ3v) is 2.46. The first-order chi connectivity index (χ1) is 9.72. The third-order valence-electron chi connectivity index (χ3n) is 2.46. The van der Waals surface area contributed by atoms with Crippen LogP contribution < -0.4 is 0 Å². The highest BCUT2D eigenvalue weighted by atomic mass is 16.6. The van der Waals surface area contributed by atoms with Crippen LogP contribution in [0.15, 0.2) is 30.3 Å². The number of ether oxygens (including phenoxy) is 3. The molecule has 1 rings (SSSR count). The van der Waals surface area contributed by atoms with Gasteiger partial charge in [-0.2, -0.15) is 0 Å². The van der Waals surface area contributed by atoms with Crippen LogP contribution in [0.2, 0.25) is 0 Å². The van der Waals surface area contributed by atoms with Crippen LogP contribution in [0.5, 0.6) is 0 Å². The van der Waals surface area contributed by atoms with Crippen molar-refractivity contribution in [1.82, 2.24) is 0 Å². The SMILES string of the molecule is CCOC(=O)COCC(=O)OCCCc1ccccc1. The summed E-state index contributed by atoms with van der Waals surface area (Å²) in [6, 6.07) is 9.98. The summed E-state index contributed by atoms with van der Waals surface area (Å²) in [6.07, 6.45) is 1.62. The Labute approximate surface area is 118 Å². The van der Waals surface area contributed by atoms with Gasteiger partial charge in [0.05, 0.1) is 13.2 Å². The molecule has 1 aromatic carbocycles. The van der Waals surface area contributed by atoms with Crippen LogP contribution in [0.25, 0.3) is 0 Å². The standard InChI is InChI=1S/C15H20O5/c1-2-19-14(16)11-18-12-15(17)20-10-6-9-13-7-4-3-5-8-13/h3-5,7-8H,2,6,9-12H2,1H3. The predicted molar refractivity (Wildman–Crippen MR) is 73.2 cm³/mol. The number of carbonyl (C=O) groups excluding carboxylic acids is 2. The summed E-state index contributed by atoms with van der Waals surface area (Å²) in [7, 11) is 0. The lowest BCUT2D eigenvalue weighted by Gasteiger charge is -2.06. The van der Waals surface area contributed by atoms with Gasteiger partial charge in [-0.15, -0.1) is 0 Å². The number of hydrogen-bond donors (Lipinski definition) is 0. The lowest BCUT2D eigenvalue weighted by atomic mass is 10.1. The van der Waals surface area contributed by atoms with Gasteiger partial charge in [-0.25, -0.2) is 9.59 Å². The Hall–Kier alpha value is -1.88. The maximum atomic E-state index is 11.3. The Morgan fingerprint density at radius 2 is 1.65 bits per heavy atom. The van der Waals surface area contributed by atoms with Crippen LogP contribution in [-0.4, -0.2) is 38.4 Å². The fourth-order valence-corrected chi connectivity index (χ4v) is 1.57. The molecule has 0 aliphatic carbocycles. The summed E-state index contributed by atoms with van der Waals surface area (Å²) in [4.78, 5) is 22.2. The average molecular weight is 280 g/mol. The van der Waals surface area contributed by atoms with Crippen LogP contribution in [0.4, 0.5) is 0 Å². The lowest BCUT2D eigenvalue weighted by Crippen LogP contribution is -2.18. The van der Waals surface area contributed by atoms with Crippen LogP contribution in [0.3, 0.4) is 0 Å². The third kappa shape index (κ3) is 7.53. The summed E-state index contributed by atoms with van der Waals surface area (Å²) in [5.74, 6) is -0.952. The van der Waals surface area contributed by atoms with Crippen molar-refractivity contribution < 1.29 is 23.8 Å². The molecule has 0 amide bonds. The van der Waals surface area contributed by atoms with Gasteiger partial charge in [-0.1, -0.05) is 30.3 Å². The van der Waals surface area contributed by atoms with E-state index in [0.717, 1.165) is 12.8 Å². The molecule has 0 unspecified atom stereocenters. The van der Waals surface area contributed by atoms with Gasteiger partial charge in [0.15, 0.2) is 0 Å². The largest absolute Gasteiger partial charge is 0.464 e. The van der Waals surface area contributed by atoms with E-state index in [0.29, 0.717) is 13.2 Å². The fourth-order valence-electron chi connectivity index (χ4n) is 1.57. The number of hydrogen-bond acceptors (Lipinski definition) is 5. The molecule has 0 radical (unpaired) electrons. The second-order valence-electron chi connectivity index (χ2n) is 4.11. The minimum absolute atomic E-state index is 0.229. The molecule has 0 saturated carbocycles. The molecule has 110 valence electrons. The zero-order chi connectivity index (χ0) is 14.6. The first-order valence-electron chi connectivity index (χ1n) is 6.65. The van der Waals surface area contributed by atoms with E-state index in [1.807, 2.05) is 30.3 Å². The van der Waals surface area contributed by atoms with Gasteiger partial charge >= 0.3 is 11.9 Å². The van der Waals surface area contributed by atoms with Gasteiger partial charge in [-0.3, -0.25) is 0 Å². The zero-order valence-corrected chi connectivity index (χ0v) is 11.7. The smallest absolute Gasteiger partial charge is 0.332 e. The van der Waals surface area contributed by atoms with E-state index in [1.54, 1.807) is 6.92 Å². The summed E-state index contributed by atoms with van der Waals surface area (Å²) in [5, 5.41) is 0. The molecule has 20 heavy (non-hydrogen) atoms. The number of rotatable bonds is 9. The van der Waals surface area contributed by atoms with Crippen molar-refractivity contribution in [3.05, 3.63) is 35.9 Å².